The van der Waals surface area contributed by atoms with Crippen LogP contribution in [0, 0.1) is 5.92 Å². The maximum absolute atomic E-state index is 14.1. The van der Waals surface area contributed by atoms with Gasteiger partial charge in [-0.25, -0.2) is 0 Å². The lowest BCUT2D eigenvalue weighted by Gasteiger charge is -2.31. The number of nitrogens with zero attached hydrogens (tertiary/aromatic N) is 1. The van der Waals surface area contributed by atoms with Gasteiger partial charge in [0.2, 0.25) is 0 Å². The third kappa shape index (κ3) is 5.16. The summed E-state index contributed by atoms with van der Waals surface area (Å²) < 4.78 is 86.7. The van der Waals surface area contributed by atoms with Crippen LogP contribution in [0.4, 0.5) is 26.3 Å². The number of likely N-dealkylation sites (tertiary alicyclic amines) is 1. The van der Waals surface area contributed by atoms with Crippen molar-refractivity contribution in [2.45, 2.75) is 69.9 Å². The molecule has 1 saturated heterocycles. The number of rotatable bonds is 4. The van der Waals surface area contributed by atoms with Gasteiger partial charge in [0.1, 0.15) is 11.3 Å². The van der Waals surface area contributed by atoms with E-state index in [0.717, 1.165) is 31.5 Å². The zero-order valence-corrected chi connectivity index (χ0v) is 17.7. The van der Waals surface area contributed by atoms with Crippen molar-refractivity contribution in [2.24, 2.45) is 5.92 Å². The zero-order chi connectivity index (χ0) is 22.9. The summed E-state index contributed by atoms with van der Waals surface area (Å²) >= 11 is 0. The third-order valence-corrected chi connectivity index (χ3v) is 6.67. The predicted octanol–water partition coefficient (Wildman–Crippen LogP) is 7.34. The monoisotopic (exact) mass is 459 g/mol. The van der Waals surface area contributed by atoms with E-state index in [-0.39, 0.29) is 36.8 Å². The molecule has 0 unspecified atom stereocenters. The van der Waals surface area contributed by atoms with Crippen LogP contribution in [0.1, 0.15) is 56.1 Å². The molecule has 1 aliphatic heterocycles. The molecule has 0 atom stereocenters. The zero-order valence-electron chi connectivity index (χ0n) is 17.7. The van der Waals surface area contributed by atoms with E-state index in [0.29, 0.717) is 11.9 Å². The molecule has 2 aromatic rings. The van der Waals surface area contributed by atoms with Crippen LogP contribution >= 0.6 is 0 Å². The molecule has 2 aliphatic rings. The van der Waals surface area contributed by atoms with E-state index in [1.807, 2.05) is 6.07 Å². The van der Waals surface area contributed by atoms with Crippen LogP contribution in [0.15, 0.2) is 30.3 Å². The van der Waals surface area contributed by atoms with Crippen molar-refractivity contribution in [3.8, 4) is 5.75 Å². The van der Waals surface area contributed by atoms with E-state index in [9.17, 15) is 26.3 Å². The van der Waals surface area contributed by atoms with Gasteiger partial charge in [-0.2, -0.15) is 26.3 Å². The summed E-state index contributed by atoms with van der Waals surface area (Å²) in [6.45, 7) is 2.46. The second-order valence-corrected chi connectivity index (χ2v) is 8.92. The molecule has 1 aliphatic carbocycles. The van der Waals surface area contributed by atoms with Gasteiger partial charge in [-0.3, -0.25) is 4.90 Å². The first-order valence-electron chi connectivity index (χ1n) is 11.2. The van der Waals surface area contributed by atoms with Crippen molar-refractivity contribution >= 4 is 10.8 Å². The highest BCUT2D eigenvalue weighted by atomic mass is 19.4. The van der Waals surface area contributed by atoms with Crippen LogP contribution < -0.4 is 4.74 Å². The lowest BCUT2D eigenvalue weighted by molar-refractivity contribution is -0.185. The maximum atomic E-state index is 14.1. The van der Waals surface area contributed by atoms with Gasteiger partial charge >= 0.3 is 12.4 Å². The number of piperidine rings is 1. The minimum absolute atomic E-state index is 0.0773. The fraction of sp³-hybridized carbons (Fsp3) is 0.583. The van der Waals surface area contributed by atoms with E-state index in [4.69, 9.17) is 4.74 Å². The molecule has 4 rings (SSSR count). The fourth-order valence-corrected chi connectivity index (χ4v) is 4.98. The summed E-state index contributed by atoms with van der Waals surface area (Å²) in [6, 6.07) is 7.93. The maximum Gasteiger partial charge on any atom is 0.420 e. The quantitative estimate of drug-likeness (QED) is 0.444. The lowest BCUT2D eigenvalue weighted by atomic mass is 9.87. The number of alkyl halides is 6. The lowest BCUT2D eigenvalue weighted by Crippen LogP contribution is -2.32. The van der Waals surface area contributed by atoms with Gasteiger partial charge in [0.05, 0.1) is 12.0 Å². The molecule has 0 amide bonds. The smallest absolute Gasteiger partial charge is 0.420 e. The van der Waals surface area contributed by atoms with Gasteiger partial charge in [-0.05, 0) is 74.0 Å². The van der Waals surface area contributed by atoms with Gasteiger partial charge in [0.15, 0.2) is 0 Å². The Balaban J connectivity index is 1.61. The van der Waals surface area contributed by atoms with E-state index in [2.05, 4.69) is 4.90 Å². The average molecular weight is 459 g/mol. The van der Waals surface area contributed by atoms with Crippen molar-refractivity contribution in [3.63, 3.8) is 0 Å². The largest absolute Gasteiger partial charge is 0.490 e. The minimum atomic E-state index is -4.64. The molecular weight excluding hydrogens is 432 g/mol. The Morgan fingerprint density at radius 2 is 1.50 bits per heavy atom. The van der Waals surface area contributed by atoms with Crippen LogP contribution in [0.25, 0.3) is 10.8 Å². The molecule has 0 radical (unpaired) electrons. The van der Waals surface area contributed by atoms with Crippen molar-refractivity contribution in [3.05, 3.63) is 41.5 Å². The SMILES string of the molecule is FC(F)(F)c1c(OC2CCC(C(F)(F)F)CC2)ccc2c(CN3CCCCC3)cccc12. The van der Waals surface area contributed by atoms with Gasteiger partial charge in [0.25, 0.3) is 0 Å². The summed E-state index contributed by atoms with van der Waals surface area (Å²) in [5.41, 5.74) is 0.000532. The molecule has 0 aromatic heterocycles. The van der Waals surface area contributed by atoms with E-state index in [1.54, 1.807) is 12.1 Å². The predicted molar refractivity (Wildman–Crippen MR) is 111 cm³/mol. The van der Waals surface area contributed by atoms with Crippen LogP contribution in [0.2, 0.25) is 0 Å². The van der Waals surface area contributed by atoms with Crippen molar-refractivity contribution < 1.29 is 31.1 Å². The molecule has 32 heavy (non-hydrogen) atoms. The van der Waals surface area contributed by atoms with E-state index in [1.165, 1.54) is 18.6 Å². The summed E-state index contributed by atoms with van der Waals surface area (Å²) in [5.74, 6) is -1.70. The minimum Gasteiger partial charge on any atom is -0.490 e. The first kappa shape index (κ1) is 23.2. The van der Waals surface area contributed by atoms with Crippen LogP contribution in [-0.2, 0) is 12.7 Å². The topological polar surface area (TPSA) is 12.5 Å². The number of fused-ring (bicyclic) bond motifs is 1. The summed E-state index contributed by atoms with van der Waals surface area (Å²) in [7, 11) is 0. The summed E-state index contributed by atoms with van der Waals surface area (Å²) in [5, 5.41) is 0.618. The Kier molecular flexibility index (Phi) is 6.61. The fourth-order valence-electron chi connectivity index (χ4n) is 4.98. The van der Waals surface area contributed by atoms with Crippen molar-refractivity contribution in [1.82, 2.24) is 4.90 Å². The van der Waals surface area contributed by atoms with Gasteiger partial charge < -0.3 is 4.74 Å². The molecule has 176 valence electrons. The standard InChI is InChI=1S/C24H27F6NO/c25-23(26,27)17-7-9-18(10-8-17)32-21-12-11-19-16(15-31-13-2-1-3-14-31)5-4-6-20(19)22(21)24(28,29)30/h4-6,11-12,17-18H,1-3,7-10,13-15H2. The Labute approximate surface area is 183 Å². The summed E-state index contributed by atoms with van der Waals surface area (Å²) in [6.07, 6.45) is -6.26. The number of hydrogen-bond donors (Lipinski definition) is 0. The van der Waals surface area contributed by atoms with Crippen LogP contribution in [-0.4, -0.2) is 30.3 Å². The van der Waals surface area contributed by atoms with E-state index < -0.39 is 29.9 Å². The normalized spacial score (nSPS) is 23.4. The molecule has 0 N–H and O–H groups in total. The number of hydrogen-bond acceptors (Lipinski definition) is 2. The van der Waals surface area contributed by atoms with Crippen LogP contribution in [0.5, 0.6) is 5.75 Å². The summed E-state index contributed by atoms with van der Waals surface area (Å²) in [4.78, 5) is 2.26. The second-order valence-electron chi connectivity index (χ2n) is 8.92. The van der Waals surface area contributed by atoms with Gasteiger partial charge in [-0.15, -0.1) is 0 Å². The van der Waals surface area contributed by atoms with Crippen molar-refractivity contribution in [1.29, 1.82) is 0 Å². The van der Waals surface area contributed by atoms with E-state index >= 15 is 0 Å². The number of benzene rings is 2. The highest BCUT2D eigenvalue weighted by Gasteiger charge is 2.42. The third-order valence-electron chi connectivity index (χ3n) is 6.67. The second kappa shape index (κ2) is 9.12. The Morgan fingerprint density at radius 3 is 2.12 bits per heavy atom. The average Bonchev–Trinajstić information content (AvgIpc) is 2.73. The van der Waals surface area contributed by atoms with Crippen LogP contribution in [0.3, 0.4) is 0 Å². The molecule has 0 bridgehead atoms. The molecule has 1 saturated carbocycles. The highest BCUT2D eigenvalue weighted by molar-refractivity contribution is 5.91. The highest BCUT2D eigenvalue weighted by Crippen LogP contribution is 2.44. The molecule has 1 heterocycles. The molecule has 8 heteroatoms. The first-order chi connectivity index (χ1) is 15.1. The molecule has 2 aromatic carbocycles. The Hall–Kier alpha value is -1.96. The van der Waals surface area contributed by atoms with Gasteiger partial charge in [-0.1, -0.05) is 30.7 Å². The molecular formula is C24H27F6NO. The molecule has 2 nitrogen and oxygen atoms in total. The first-order valence-corrected chi connectivity index (χ1v) is 11.2. The Morgan fingerprint density at radius 1 is 0.812 bits per heavy atom. The number of ether oxygens (including phenoxy) is 1. The molecule has 2 fully saturated rings. The van der Waals surface area contributed by atoms with Crippen molar-refractivity contribution in [2.75, 3.05) is 13.1 Å². The number of halogens is 6. The Bertz CT molecular complexity index is 924. The molecule has 0 spiro atoms. The van der Waals surface area contributed by atoms with Gasteiger partial charge in [0, 0.05) is 6.54 Å².